The van der Waals surface area contributed by atoms with Crippen molar-refractivity contribution in [1.82, 2.24) is 0 Å². The van der Waals surface area contributed by atoms with Crippen LogP contribution in [0, 0.1) is 20.2 Å². The van der Waals surface area contributed by atoms with Gasteiger partial charge in [0.15, 0.2) is 0 Å². The van der Waals surface area contributed by atoms with Gasteiger partial charge in [-0.15, -0.1) is 0 Å². The van der Waals surface area contributed by atoms with Gasteiger partial charge in [0, 0.05) is 0 Å². The van der Waals surface area contributed by atoms with Gasteiger partial charge in [0.05, 0.1) is 9.85 Å². The Morgan fingerprint density at radius 1 is 1.38 bits per heavy atom. The van der Waals surface area contributed by atoms with Gasteiger partial charge in [-0.1, -0.05) is 0 Å². The number of carbonyl (C=O) groups is 1. The third-order valence-corrected chi connectivity index (χ3v) is 1.25. The lowest BCUT2D eigenvalue weighted by Gasteiger charge is -2.04. The van der Waals surface area contributed by atoms with E-state index in [1.807, 2.05) is 0 Å². The van der Waals surface area contributed by atoms with Gasteiger partial charge >= 0.3 is 6.17 Å². The summed E-state index contributed by atoms with van der Waals surface area (Å²) in [6, 6.07) is 0. The summed E-state index contributed by atoms with van der Waals surface area (Å²) in [6.07, 6.45) is -5.00. The molecule has 0 heterocycles. The zero-order valence-electron chi connectivity index (χ0n) is 6.32. The Kier molecular flexibility index (Phi) is 3.72. The zero-order valence-corrected chi connectivity index (χ0v) is 6.32. The van der Waals surface area contributed by atoms with Crippen LogP contribution in [-0.4, -0.2) is 33.1 Å². The van der Waals surface area contributed by atoms with Crippen LogP contribution in [0.3, 0.4) is 0 Å². The number of aliphatic hydroxyl groups excluding tert-OH is 1. The Labute approximate surface area is 71.4 Å². The number of amides is 1. The van der Waals surface area contributed by atoms with Gasteiger partial charge in [-0.25, -0.2) is 0 Å². The van der Waals surface area contributed by atoms with E-state index in [0.717, 1.165) is 0 Å². The van der Waals surface area contributed by atoms with Crippen molar-refractivity contribution < 1.29 is 19.7 Å². The van der Waals surface area contributed by atoms with Gasteiger partial charge in [0.2, 0.25) is 5.91 Å². The van der Waals surface area contributed by atoms with Crippen LogP contribution in [0.1, 0.15) is 6.42 Å². The third kappa shape index (κ3) is 3.42. The van der Waals surface area contributed by atoms with E-state index in [-0.39, 0.29) is 0 Å². The highest BCUT2D eigenvalue weighted by Gasteiger charge is 2.36. The predicted molar refractivity (Wildman–Crippen MR) is 37.6 cm³/mol. The van der Waals surface area contributed by atoms with Crippen molar-refractivity contribution in [2.45, 2.75) is 18.7 Å². The van der Waals surface area contributed by atoms with E-state index < -0.39 is 34.4 Å². The number of nitro groups is 2. The van der Waals surface area contributed by atoms with E-state index in [1.54, 1.807) is 0 Å². The molecule has 0 aliphatic heterocycles. The van der Waals surface area contributed by atoms with E-state index in [0.29, 0.717) is 0 Å². The average Bonchev–Trinajstić information content (AvgIpc) is 1.97. The molecule has 1 atom stereocenters. The van der Waals surface area contributed by atoms with Gasteiger partial charge in [0.1, 0.15) is 12.5 Å². The van der Waals surface area contributed by atoms with E-state index in [1.165, 1.54) is 0 Å². The first-order valence-electron chi connectivity index (χ1n) is 3.10. The smallest absolute Gasteiger partial charge is 0.383 e. The summed E-state index contributed by atoms with van der Waals surface area (Å²) in [5.74, 6) is -1.23. The van der Waals surface area contributed by atoms with Gasteiger partial charge in [-0.2, -0.15) is 0 Å². The summed E-state index contributed by atoms with van der Waals surface area (Å²) in [4.78, 5) is 27.8. The highest BCUT2D eigenvalue weighted by Crippen LogP contribution is 2.02. The molecule has 0 unspecified atom stereocenters. The molecule has 74 valence electrons. The van der Waals surface area contributed by atoms with Crippen molar-refractivity contribution in [3.05, 3.63) is 20.2 Å². The quantitative estimate of drug-likeness (QED) is 0.295. The van der Waals surface area contributed by atoms with Crippen molar-refractivity contribution >= 4 is 5.91 Å². The molecule has 3 N–H and O–H groups in total. The minimum atomic E-state index is -2.21. The van der Waals surface area contributed by atoms with E-state index >= 15 is 0 Å². The Hall–Kier alpha value is -1.77. The number of carbonyl (C=O) groups excluding carboxylic acids is 1. The Morgan fingerprint density at radius 2 is 1.77 bits per heavy atom. The molecule has 0 fully saturated rings. The highest BCUT2D eigenvalue weighted by molar-refractivity contribution is 5.78. The van der Waals surface area contributed by atoms with Gasteiger partial charge < -0.3 is 10.8 Å². The SMILES string of the molecule is NC(=O)[C@H](O)CC([N+](=O)[O-])[N+](=O)[O-]. The van der Waals surface area contributed by atoms with Crippen LogP contribution in [0.5, 0.6) is 0 Å². The predicted octanol–water partition coefficient (Wildman–Crippen LogP) is -1.90. The minimum Gasteiger partial charge on any atom is -0.383 e. The molecular formula is C4H7N3O6. The molecule has 13 heavy (non-hydrogen) atoms. The van der Waals surface area contributed by atoms with Crippen LogP contribution in [0.15, 0.2) is 0 Å². The number of rotatable bonds is 5. The Bertz CT molecular complexity index is 226. The standard InChI is InChI=1S/C4H7N3O6/c5-4(9)2(8)1-3(6(10)11)7(12)13/h2-3,8H,1H2,(H2,5,9)/t2-/m1/s1. The number of nitrogens with zero attached hydrogens (tertiary/aromatic N) is 2. The second-order valence-corrected chi connectivity index (χ2v) is 2.21. The van der Waals surface area contributed by atoms with Crippen molar-refractivity contribution in [2.24, 2.45) is 5.73 Å². The van der Waals surface area contributed by atoms with Crippen LogP contribution in [-0.2, 0) is 4.79 Å². The van der Waals surface area contributed by atoms with Crippen LogP contribution in [0.25, 0.3) is 0 Å². The molecule has 0 aliphatic rings. The molecule has 0 saturated heterocycles. The molecule has 0 saturated carbocycles. The largest absolute Gasteiger partial charge is 0.453 e. The maximum absolute atomic E-state index is 10.2. The summed E-state index contributed by atoms with van der Waals surface area (Å²) in [5.41, 5.74) is 4.55. The molecule has 9 heteroatoms. The fourth-order valence-corrected chi connectivity index (χ4v) is 0.565. The lowest BCUT2D eigenvalue weighted by atomic mass is 10.2. The van der Waals surface area contributed by atoms with Crippen LogP contribution >= 0.6 is 0 Å². The summed E-state index contributed by atoms with van der Waals surface area (Å²) < 4.78 is 0. The number of aliphatic hydroxyl groups is 1. The normalized spacial score (nSPS) is 12.5. The zero-order chi connectivity index (χ0) is 10.6. The first-order chi connectivity index (χ1) is 5.86. The average molecular weight is 193 g/mol. The molecule has 0 bridgehead atoms. The third-order valence-electron chi connectivity index (χ3n) is 1.25. The van der Waals surface area contributed by atoms with E-state index in [2.05, 4.69) is 5.73 Å². The summed E-state index contributed by atoms with van der Waals surface area (Å²) in [7, 11) is 0. The number of nitrogens with two attached hydrogens (primary N) is 1. The second-order valence-electron chi connectivity index (χ2n) is 2.21. The molecule has 0 aromatic heterocycles. The molecule has 0 aromatic rings. The maximum atomic E-state index is 10.2. The van der Waals surface area contributed by atoms with Crippen LogP contribution in [0.2, 0.25) is 0 Å². The molecule has 1 amide bonds. The monoisotopic (exact) mass is 193 g/mol. The lowest BCUT2D eigenvalue weighted by molar-refractivity contribution is -0.743. The molecular weight excluding hydrogens is 186 g/mol. The van der Waals surface area contributed by atoms with Gasteiger partial charge in [-0.3, -0.25) is 25.0 Å². The lowest BCUT2D eigenvalue weighted by Crippen LogP contribution is -2.38. The molecule has 0 aliphatic carbocycles. The Balaban J connectivity index is 4.35. The van der Waals surface area contributed by atoms with Crippen LogP contribution < -0.4 is 5.73 Å². The van der Waals surface area contributed by atoms with Crippen molar-refractivity contribution in [2.75, 3.05) is 0 Å². The van der Waals surface area contributed by atoms with Crippen molar-refractivity contribution in [3.8, 4) is 0 Å². The van der Waals surface area contributed by atoms with Crippen LogP contribution in [0.4, 0.5) is 0 Å². The van der Waals surface area contributed by atoms with Gasteiger partial charge in [0.25, 0.3) is 0 Å². The highest BCUT2D eigenvalue weighted by atomic mass is 16.7. The van der Waals surface area contributed by atoms with Gasteiger partial charge in [-0.05, 0) is 0 Å². The number of hydrogen-bond donors (Lipinski definition) is 2. The molecule has 0 aromatic carbocycles. The van der Waals surface area contributed by atoms with Crippen molar-refractivity contribution in [1.29, 1.82) is 0 Å². The summed E-state index contributed by atoms with van der Waals surface area (Å²) in [5, 5.41) is 28.7. The molecule has 0 rings (SSSR count). The topological polar surface area (TPSA) is 150 Å². The summed E-state index contributed by atoms with van der Waals surface area (Å²) in [6.45, 7) is 0. The second kappa shape index (κ2) is 4.30. The first-order valence-corrected chi connectivity index (χ1v) is 3.10. The minimum absolute atomic E-state index is 0.921. The maximum Gasteiger partial charge on any atom is 0.453 e. The fourth-order valence-electron chi connectivity index (χ4n) is 0.565. The summed E-state index contributed by atoms with van der Waals surface area (Å²) >= 11 is 0. The first kappa shape index (κ1) is 11.2. The number of hydrogen-bond acceptors (Lipinski definition) is 6. The Morgan fingerprint density at radius 3 is 2.00 bits per heavy atom. The molecule has 9 nitrogen and oxygen atoms in total. The van der Waals surface area contributed by atoms with Crippen molar-refractivity contribution in [3.63, 3.8) is 0 Å². The fraction of sp³-hybridized carbons (Fsp3) is 0.750. The van der Waals surface area contributed by atoms with E-state index in [9.17, 15) is 25.0 Å². The van der Waals surface area contributed by atoms with E-state index in [4.69, 9.17) is 5.11 Å². The molecule has 0 radical (unpaired) electrons. The number of primary amides is 1. The molecule has 0 spiro atoms.